The van der Waals surface area contributed by atoms with E-state index in [9.17, 15) is 9.59 Å². The summed E-state index contributed by atoms with van der Waals surface area (Å²) >= 11 is 0. The molecule has 2 N–H and O–H groups in total. The zero-order valence-corrected chi connectivity index (χ0v) is 18.0. The molecule has 1 aromatic heterocycles. The zero-order chi connectivity index (χ0) is 22.7. The standard InChI is InChI=1S/C23H23N5O4/c1-4-32-22(30)16-5-9-17(10-6-16)27-21(29)19-14(2)26-23-24-13-25-28(23)20(19)15-7-11-18(31-3)12-8-15/h5-13,20H,4H2,1-3H3,(H,27,29)(H,24,25,26)/t20-/m1/s1. The van der Waals surface area contributed by atoms with Gasteiger partial charge in [-0.2, -0.15) is 10.1 Å². The number of allylic oxidation sites excluding steroid dienone is 1. The normalized spacial score (nSPS) is 14.9. The van der Waals surface area contributed by atoms with Crippen LogP contribution in [0.1, 0.15) is 35.8 Å². The molecule has 0 saturated carbocycles. The Morgan fingerprint density at radius 1 is 1.12 bits per heavy atom. The molecule has 0 radical (unpaired) electrons. The number of benzene rings is 2. The van der Waals surface area contributed by atoms with Crippen molar-refractivity contribution in [3.63, 3.8) is 0 Å². The molecule has 3 aromatic rings. The summed E-state index contributed by atoms with van der Waals surface area (Å²) in [5, 5.41) is 10.4. The molecule has 9 heteroatoms. The van der Waals surface area contributed by atoms with Crippen LogP contribution in [0.25, 0.3) is 0 Å². The van der Waals surface area contributed by atoms with Gasteiger partial charge in [-0.1, -0.05) is 12.1 Å². The topological polar surface area (TPSA) is 107 Å². The van der Waals surface area contributed by atoms with Crippen LogP contribution >= 0.6 is 0 Å². The van der Waals surface area contributed by atoms with Crippen molar-refractivity contribution in [3.05, 3.63) is 77.3 Å². The van der Waals surface area contributed by atoms with Gasteiger partial charge in [-0.3, -0.25) is 4.79 Å². The summed E-state index contributed by atoms with van der Waals surface area (Å²) in [5.74, 6) is 0.577. The minimum absolute atomic E-state index is 0.291. The van der Waals surface area contributed by atoms with E-state index in [1.165, 1.54) is 6.33 Å². The Hall–Kier alpha value is -4.14. The van der Waals surface area contributed by atoms with Crippen LogP contribution in [0.2, 0.25) is 0 Å². The number of fused-ring (bicyclic) bond motifs is 1. The van der Waals surface area contributed by atoms with Crippen molar-refractivity contribution in [2.75, 3.05) is 24.4 Å². The van der Waals surface area contributed by atoms with Gasteiger partial charge in [0.2, 0.25) is 5.95 Å². The average Bonchev–Trinajstić information content (AvgIpc) is 3.27. The fraction of sp³-hybridized carbons (Fsp3) is 0.217. The number of methoxy groups -OCH3 is 1. The van der Waals surface area contributed by atoms with Crippen LogP contribution < -0.4 is 15.4 Å². The number of hydrogen-bond acceptors (Lipinski definition) is 7. The van der Waals surface area contributed by atoms with Gasteiger partial charge in [0.1, 0.15) is 18.1 Å². The largest absolute Gasteiger partial charge is 0.497 e. The van der Waals surface area contributed by atoms with Crippen molar-refractivity contribution in [3.8, 4) is 5.75 Å². The molecule has 9 nitrogen and oxygen atoms in total. The molecule has 1 aliphatic heterocycles. The third-order valence-corrected chi connectivity index (χ3v) is 5.12. The van der Waals surface area contributed by atoms with Gasteiger partial charge >= 0.3 is 5.97 Å². The summed E-state index contributed by atoms with van der Waals surface area (Å²) in [6.07, 6.45) is 1.45. The van der Waals surface area contributed by atoms with Crippen LogP contribution in [0.4, 0.5) is 11.6 Å². The van der Waals surface area contributed by atoms with Gasteiger partial charge in [-0.25, -0.2) is 9.48 Å². The van der Waals surface area contributed by atoms with E-state index >= 15 is 0 Å². The number of hydrogen-bond donors (Lipinski definition) is 2. The fourth-order valence-corrected chi connectivity index (χ4v) is 3.58. The number of carbonyl (C=O) groups is 2. The number of nitrogens with one attached hydrogen (secondary N) is 2. The molecule has 2 heterocycles. The lowest BCUT2D eigenvalue weighted by Gasteiger charge is -2.28. The van der Waals surface area contributed by atoms with Gasteiger partial charge in [0.25, 0.3) is 5.91 Å². The first-order chi connectivity index (χ1) is 15.5. The summed E-state index contributed by atoms with van der Waals surface area (Å²) < 4.78 is 11.9. The zero-order valence-electron chi connectivity index (χ0n) is 18.0. The third-order valence-electron chi connectivity index (χ3n) is 5.12. The van der Waals surface area contributed by atoms with Crippen LogP contribution in [0, 0.1) is 0 Å². The predicted molar refractivity (Wildman–Crippen MR) is 119 cm³/mol. The number of aromatic nitrogens is 3. The van der Waals surface area contributed by atoms with Gasteiger partial charge in [0, 0.05) is 11.4 Å². The van der Waals surface area contributed by atoms with E-state index < -0.39 is 12.0 Å². The van der Waals surface area contributed by atoms with Crippen molar-refractivity contribution in [2.45, 2.75) is 19.9 Å². The maximum atomic E-state index is 13.4. The fourth-order valence-electron chi connectivity index (χ4n) is 3.58. The summed E-state index contributed by atoms with van der Waals surface area (Å²) in [7, 11) is 1.60. The molecule has 4 rings (SSSR count). The van der Waals surface area contributed by atoms with Gasteiger partial charge in [-0.15, -0.1) is 0 Å². The second-order valence-electron chi connectivity index (χ2n) is 7.12. The number of anilines is 2. The number of rotatable bonds is 6. The molecule has 1 aliphatic rings. The van der Waals surface area contributed by atoms with E-state index in [0.29, 0.717) is 35.1 Å². The molecule has 164 valence electrons. The lowest BCUT2D eigenvalue weighted by atomic mass is 9.95. The Labute approximate surface area is 185 Å². The first kappa shape index (κ1) is 21.1. The summed E-state index contributed by atoms with van der Waals surface area (Å²) in [4.78, 5) is 29.4. The molecule has 0 bridgehead atoms. The van der Waals surface area contributed by atoms with Crippen molar-refractivity contribution in [2.24, 2.45) is 0 Å². The highest BCUT2D eigenvalue weighted by Crippen LogP contribution is 2.35. The minimum atomic E-state index is -0.474. The monoisotopic (exact) mass is 433 g/mol. The molecular formula is C23H23N5O4. The highest BCUT2D eigenvalue weighted by atomic mass is 16.5. The van der Waals surface area contributed by atoms with Gasteiger partial charge in [0.15, 0.2) is 0 Å². The molecule has 0 aliphatic carbocycles. The van der Waals surface area contributed by atoms with E-state index in [0.717, 1.165) is 11.3 Å². The van der Waals surface area contributed by atoms with Crippen molar-refractivity contribution >= 4 is 23.5 Å². The Morgan fingerprint density at radius 3 is 2.50 bits per heavy atom. The Kier molecular flexibility index (Phi) is 5.89. The van der Waals surface area contributed by atoms with Crippen molar-refractivity contribution < 1.29 is 19.1 Å². The lowest BCUT2D eigenvalue weighted by molar-refractivity contribution is -0.113. The number of amides is 1. The Bertz CT molecular complexity index is 1170. The van der Waals surface area contributed by atoms with Gasteiger partial charge in [-0.05, 0) is 55.8 Å². The number of nitrogens with zero attached hydrogens (tertiary/aromatic N) is 3. The molecule has 2 aromatic carbocycles. The van der Waals surface area contributed by atoms with Crippen molar-refractivity contribution in [1.82, 2.24) is 14.8 Å². The van der Waals surface area contributed by atoms with E-state index in [2.05, 4.69) is 20.7 Å². The average molecular weight is 433 g/mol. The molecule has 1 amide bonds. The summed E-state index contributed by atoms with van der Waals surface area (Å²) in [6, 6.07) is 13.6. The van der Waals surface area contributed by atoms with Crippen LogP contribution in [0.15, 0.2) is 66.1 Å². The second kappa shape index (κ2) is 8.93. The summed E-state index contributed by atoms with van der Waals surface area (Å²) in [6.45, 7) is 3.88. The van der Waals surface area contributed by atoms with Crippen LogP contribution in [0.5, 0.6) is 5.75 Å². The first-order valence-corrected chi connectivity index (χ1v) is 10.1. The Morgan fingerprint density at radius 2 is 1.84 bits per heavy atom. The van der Waals surface area contributed by atoms with Crippen LogP contribution in [0.3, 0.4) is 0 Å². The molecule has 0 unspecified atom stereocenters. The second-order valence-corrected chi connectivity index (χ2v) is 7.12. The molecule has 32 heavy (non-hydrogen) atoms. The molecular weight excluding hydrogens is 410 g/mol. The molecule has 0 fully saturated rings. The SMILES string of the molecule is CCOC(=O)c1ccc(NC(=O)C2=C(C)Nc3ncnn3[C@@H]2c2ccc(OC)cc2)cc1. The van der Waals surface area contributed by atoms with Gasteiger partial charge < -0.3 is 20.1 Å². The third kappa shape index (κ3) is 4.04. The van der Waals surface area contributed by atoms with E-state index in [1.807, 2.05) is 31.2 Å². The molecule has 1 atom stereocenters. The number of esters is 1. The summed E-state index contributed by atoms with van der Waals surface area (Å²) in [5.41, 5.74) is 3.01. The molecule has 0 saturated heterocycles. The molecule has 0 spiro atoms. The maximum Gasteiger partial charge on any atom is 0.338 e. The highest BCUT2D eigenvalue weighted by molar-refractivity contribution is 6.06. The first-order valence-electron chi connectivity index (χ1n) is 10.1. The van der Waals surface area contributed by atoms with E-state index in [1.54, 1.807) is 43.0 Å². The Balaban J connectivity index is 1.63. The predicted octanol–water partition coefficient (Wildman–Crippen LogP) is 3.39. The lowest BCUT2D eigenvalue weighted by Crippen LogP contribution is -2.31. The number of ether oxygens (including phenoxy) is 2. The van der Waals surface area contributed by atoms with E-state index in [4.69, 9.17) is 9.47 Å². The smallest absolute Gasteiger partial charge is 0.338 e. The van der Waals surface area contributed by atoms with Gasteiger partial charge in [0.05, 0.1) is 24.9 Å². The maximum absolute atomic E-state index is 13.4. The van der Waals surface area contributed by atoms with E-state index in [-0.39, 0.29) is 5.91 Å². The van der Waals surface area contributed by atoms with Crippen molar-refractivity contribution in [1.29, 1.82) is 0 Å². The highest BCUT2D eigenvalue weighted by Gasteiger charge is 2.33. The van der Waals surface area contributed by atoms with Crippen LogP contribution in [-0.2, 0) is 9.53 Å². The quantitative estimate of drug-likeness (QED) is 0.574. The van der Waals surface area contributed by atoms with Crippen LogP contribution in [-0.4, -0.2) is 40.4 Å². The number of carbonyl (C=O) groups excluding carboxylic acids is 2. The minimum Gasteiger partial charge on any atom is -0.497 e.